The lowest BCUT2D eigenvalue weighted by molar-refractivity contribution is -0.137. The van der Waals surface area contributed by atoms with E-state index in [4.69, 9.17) is 27.9 Å². The Morgan fingerprint density at radius 2 is 1.96 bits per heavy atom. The molecule has 0 aromatic heterocycles. The topological polar surface area (TPSA) is 75.6 Å². The highest BCUT2D eigenvalue weighted by molar-refractivity contribution is 6.53. The molecule has 0 saturated heterocycles. The molecule has 0 heterocycles. The standard InChI is InChI=1S/C16H18Cl2FNO4/c1-2-24-13(21)8-5-10-3-6-11(7-4-10)14(22)12(9-19)20-16(23)15(17)18/h3-8,12,14-15,22H,2,9H2,1H3,(H,20,23). The van der Waals surface area contributed by atoms with E-state index >= 15 is 0 Å². The first-order chi connectivity index (χ1) is 11.4. The molecule has 1 aromatic rings. The van der Waals surface area contributed by atoms with Crippen LogP contribution in [0.4, 0.5) is 4.39 Å². The highest BCUT2D eigenvalue weighted by Crippen LogP contribution is 2.19. The van der Waals surface area contributed by atoms with E-state index in [0.29, 0.717) is 11.1 Å². The Morgan fingerprint density at radius 3 is 2.46 bits per heavy atom. The van der Waals surface area contributed by atoms with Gasteiger partial charge in [-0.2, -0.15) is 0 Å². The van der Waals surface area contributed by atoms with Crippen LogP contribution < -0.4 is 5.32 Å². The molecule has 0 aliphatic rings. The maximum atomic E-state index is 13.1. The van der Waals surface area contributed by atoms with Crippen LogP contribution in [0.1, 0.15) is 24.2 Å². The summed E-state index contributed by atoms with van der Waals surface area (Å²) in [6.07, 6.45) is 1.56. The van der Waals surface area contributed by atoms with Gasteiger partial charge in [-0.05, 0) is 24.1 Å². The fourth-order valence-corrected chi connectivity index (χ4v) is 1.96. The molecule has 0 saturated carbocycles. The van der Waals surface area contributed by atoms with Crippen molar-refractivity contribution in [2.45, 2.75) is 23.9 Å². The highest BCUT2D eigenvalue weighted by Gasteiger charge is 2.25. The van der Waals surface area contributed by atoms with E-state index in [1.807, 2.05) is 0 Å². The van der Waals surface area contributed by atoms with Crippen LogP contribution in [-0.4, -0.2) is 41.1 Å². The molecule has 24 heavy (non-hydrogen) atoms. The number of halogens is 3. The van der Waals surface area contributed by atoms with E-state index in [1.54, 1.807) is 37.3 Å². The molecule has 2 unspecified atom stereocenters. The van der Waals surface area contributed by atoms with Crippen LogP contribution in [0.3, 0.4) is 0 Å². The minimum absolute atomic E-state index is 0.288. The molecule has 2 atom stereocenters. The Labute approximate surface area is 149 Å². The van der Waals surface area contributed by atoms with E-state index in [-0.39, 0.29) is 6.61 Å². The number of hydrogen-bond donors (Lipinski definition) is 2. The monoisotopic (exact) mass is 377 g/mol. The zero-order valence-corrected chi connectivity index (χ0v) is 14.4. The number of aliphatic hydroxyl groups is 1. The normalized spacial score (nSPS) is 13.8. The number of rotatable bonds is 8. The second-order valence-corrected chi connectivity index (χ2v) is 5.86. The lowest BCUT2D eigenvalue weighted by Gasteiger charge is -2.22. The third-order valence-corrected chi connectivity index (χ3v) is 3.45. The number of hydrogen-bond acceptors (Lipinski definition) is 4. The van der Waals surface area contributed by atoms with Gasteiger partial charge in [-0.15, -0.1) is 0 Å². The molecule has 2 N–H and O–H groups in total. The summed E-state index contributed by atoms with van der Waals surface area (Å²) in [4.78, 5) is 21.3. The first-order valence-electron chi connectivity index (χ1n) is 7.16. The number of alkyl halides is 3. The summed E-state index contributed by atoms with van der Waals surface area (Å²) >= 11 is 10.8. The predicted octanol–water partition coefficient (Wildman–Crippen LogP) is 2.55. The molecule has 1 rings (SSSR count). The van der Waals surface area contributed by atoms with Gasteiger partial charge in [0.05, 0.1) is 12.6 Å². The molecule has 1 amide bonds. The van der Waals surface area contributed by atoms with Crippen LogP contribution in [0.15, 0.2) is 30.3 Å². The molecule has 1 aromatic carbocycles. The molecule has 0 bridgehead atoms. The first-order valence-corrected chi connectivity index (χ1v) is 8.03. The summed E-state index contributed by atoms with van der Waals surface area (Å²) in [7, 11) is 0. The van der Waals surface area contributed by atoms with E-state index in [9.17, 15) is 19.1 Å². The number of aliphatic hydroxyl groups excluding tert-OH is 1. The van der Waals surface area contributed by atoms with Crippen molar-refractivity contribution in [1.29, 1.82) is 0 Å². The number of carbonyl (C=O) groups excluding carboxylic acids is 2. The molecular weight excluding hydrogens is 360 g/mol. The summed E-state index contributed by atoms with van der Waals surface area (Å²) < 4.78 is 17.8. The summed E-state index contributed by atoms with van der Waals surface area (Å²) in [5.74, 6) is -1.24. The molecule has 0 fully saturated rings. The second-order valence-electron chi connectivity index (χ2n) is 4.77. The molecular formula is C16H18Cl2FNO4. The van der Waals surface area contributed by atoms with E-state index < -0.39 is 35.5 Å². The Hall–Kier alpha value is -1.63. The molecule has 8 heteroatoms. The minimum Gasteiger partial charge on any atom is -0.463 e. The Bertz CT molecular complexity index is 578. The van der Waals surface area contributed by atoms with Crippen LogP contribution in [-0.2, 0) is 14.3 Å². The summed E-state index contributed by atoms with van der Waals surface area (Å²) in [6, 6.07) is 5.22. The number of carbonyl (C=O) groups is 2. The average molecular weight is 378 g/mol. The molecule has 5 nitrogen and oxygen atoms in total. The molecule has 132 valence electrons. The summed E-state index contributed by atoms with van der Waals surface area (Å²) in [6.45, 7) is 1.01. The van der Waals surface area contributed by atoms with Gasteiger partial charge in [-0.1, -0.05) is 47.5 Å². The van der Waals surface area contributed by atoms with E-state index in [2.05, 4.69) is 5.32 Å². The fraction of sp³-hybridized carbons (Fsp3) is 0.375. The number of benzene rings is 1. The van der Waals surface area contributed by atoms with Crippen LogP contribution in [0.5, 0.6) is 0 Å². The van der Waals surface area contributed by atoms with Crippen molar-refractivity contribution in [2.24, 2.45) is 0 Å². The lowest BCUT2D eigenvalue weighted by Crippen LogP contribution is -2.43. The van der Waals surface area contributed by atoms with Crippen LogP contribution in [0.2, 0.25) is 0 Å². The van der Waals surface area contributed by atoms with E-state index in [1.165, 1.54) is 6.08 Å². The Kier molecular flexibility index (Phi) is 8.74. The van der Waals surface area contributed by atoms with Gasteiger partial charge >= 0.3 is 5.97 Å². The van der Waals surface area contributed by atoms with Crippen molar-refractivity contribution in [3.05, 3.63) is 41.5 Å². The number of amides is 1. The van der Waals surface area contributed by atoms with E-state index in [0.717, 1.165) is 0 Å². The highest BCUT2D eigenvalue weighted by atomic mass is 35.5. The number of ether oxygens (including phenoxy) is 1. The van der Waals surface area contributed by atoms with Gasteiger partial charge in [-0.25, -0.2) is 9.18 Å². The van der Waals surface area contributed by atoms with Gasteiger partial charge in [-0.3, -0.25) is 4.79 Å². The maximum Gasteiger partial charge on any atom is 0.330 e. The SMILES string of the molecule is CCOC(=O)C=Cc1ccc(C(O)C(CF)NC(=O)C(Cl)Cl)cc1. The van der Waals surface area contributed by atoms with Gasteiger partial charge in [0.1, 0.15) is 12.8 Å². The molecule has 0 aliphatic heterocycles. The Balaban J connectivity index is 2.76. The van der Waals surface area contributed by atoms with Crippen LogP contribution >= 0.6 is 23.2 Å². The largest absolute Gasteiger partial charge is 0.463 e. The Morgan fingerprint density at radius 1 is 1.33 bits per heavy atom. The van der Waals surface area contributed by atoms with Crippen molar-refractivity contribution in [2.75, 3.05) is 13.3 Å². The van der Waals surface area contributed by atoms with Crippen molar-refractivity contribution in [1.82, 2.24) is 5.32 Å². The third-order valence-electron chi connectivity index (χ3n) is 3.05. The van der Waals surface area contributed by atoms with Gasteiger partial charge in [0.15, 0.2) is 4.84 Å². The third kappa shape index (κ3) is 6.47. The first kappa shape index (κ1) is 20.4. The van der Waals surface area contributed by atoms with Gasteiger partial charge in [0.25, 0.3) is 5.91 Å². The second kappa shape index (κ2) is 10.3. The average Bonchev–Trinajstić information content (AvgIpc) is 2.57. The molecule has 0 spiro atoms. The zero-order chi connectivity index (χ0) is 18.1. The molecule has 0 radical (unpaired) electrons. The van der Waals surface area contributed by atoms with Gasteiger partial charge < -0.3 is 15.2 Å². The van der Waals surface area contributed by atoms with Gasteiger partial charge in [0.2, 0.25) is 0 Å². The van der Waals surface area contributed by atoms with Crippen LogP contribution in [0, 0.1) is 0 Å². The number of esters is 1. The summed E-state index contributed by atoms with van der Waals surface area (Å²) in [5, 5.41) is 12.4. The summed E-state index contributed by atoms with van der Waals surface area (Å²) in [5.41, 5.74) is 1.09. The smallest absolute Gasteiger partial charge is 0.330 e. The van der Waals surface area contributed by atoms with Gasteiger partial charge in [0, 0.05) is 6.08 Å². The quantitative estimate of drug-likeness (QED) is 0.414. The molecule has 0 aliphatic carbocycles. The predicted molar refractivity (Wildman–Crippen MR) is 90.5 cm³/mol. The van der Waals surface area contributed by atoms with Crippen LogP contribution in [0.25, 0.3) is 6.08 Å². The lowest BCUT2D eigenvalue weighted by atomic mass is 10.0. The van der Waals surface area contributed by atoms with Crippen molar-refractivity contribution in [3.63, 3.8) is 0 Å². The van der Waals surface area contributed by atoms with Crippen molar-refractivity contribution in [3.8, 4) is 0 Å². The zero-order valence-electron chi connectivity index (χ0n) is 12.9. The minimum atomic E-state index is -1.35. The van der Waals surface area contributed by atoms with Crippen molar-refractivity contribution >= 4 is 41.2 Å². The number of nitrogens with one attached hydrogen (secondary N) is 1. The maximum absolute atomic E-state index is 13.1. The van der Waals surface area contributed by atoms with Crippen molar-refractivity contribution < 1.29 is 23.8 Å². The fourth-order valence-electron chi connectivity index (χ4n) is 1.84.